The van der Waals surface area contributed by atoms with Gasteiger partial charge in [0.15, 0.2) is 0 Å². The maximum Gasteiger partial charge on any atom is 0.270 e. The van der Waals surface area contributed by atoms with E-state index in [1.54, 1.807) is 18.2 Å². The van der Waals surface area contributed by atoms with Crippen LogP contribution in [0.4, 0.5) is 5.69 Å². The zero-order valence-corrected chi connectivity index (χ0v) is 11.2. The Labute approximate surface area is 117 Å². The minimum absolute atomic E-state index is 0.0276. The van der Waals surface area contributed by atoms with E-state index in [2.05, 4.69) is 5.32 Å². The SMILES string of the molecule is O=C(C=Cc1cccc([N+](=O)[O-])c1)NC1CCCCC1. The van der Waals surface area contributed by atoms with Crippen molar-refractivity contribution in [1.82, 2.24) is 5.32 Å². The minimum Gasteiger partial charge on any atom is -0.350 e. The first-order valence-electron chi connectivity index (χ1n) is 6.88. The third kappa shape index (κ3) is 4.19. The molecule has 1 aromatic rings. The Bertz CT molecular complexity index is 520. The van der Waals surface area contributed by atoms with Crippen LogP contribution in [0, 0.1) is 10.1 Å². The van der Waals surface area contributed by atoms with Crippen LogP contribution < -0.4 is 5.32 Å². The normalized spacial score (nSPS) is 16.2. The van der Waals surface area contributed by atoms with E-state index >= 15 is 0 Å². The lowest BCUT2D eigenvalue weighted by atomic mass is 9.95. The average molecular weight is 274 g/mol. The summed E-state index contributed by atoms with van der Waals surface area (Å²) in [6.07, 6.45) is 8.70. The van der Waals surface area contributed by atoms with Gasteiger partial charge in [0.05, 0.1) is 4.92 Å². The standard InChI is InChI=1S/C15H18N2O3/c18-15(16-13-6-2-1-3-7-13)10-9-12-5-4-8-14(11-12)17(19)20/h4-5,8-11,13H,1-3,6-7H2,(H,16,18). The Morgan fingerprint density at radius 3 is 2.75 bits per heavy atom. The molecule has 1 saturated carbocycles. The van der Waals surface area contributed by atoms with Crippen molar-refractivity contribution >= 4 is 17.7 Å². The Hall–Kier alpha value is -2.17. The molecule has 1 N–H and O–H groups in total. The summed E-state index contributed by atoms with van der Waals surface area (Å²) in [4.78, 5) is 22.0. The van der Waals surface area contributed by atoms with Crippen molar-refractivity contribution in [2.75, 3.05) is 0 Å². The molecule has 0 aliphatic heterocycles. The monoisotopic (exact) mass is 274 g/mol. The zero-order chi connectivity index (χ0) is 14.4. The third-order valence-corrected chi connectivity index (χ3v) is 3.46. The van der Waals surface area contributed by atoms with Gasteiger partial charge in [-0.05, 0) is 24.5 Å². The topological polar surface area (TPSA) is 72.2 Å². The number of non-ortho nitro benzene ring substituents is 1. The van der Waals surface area contributed by atoms with E-state index in [1.807, 2.05) is 0 Å². The van der Waals surface area contributed by atoms with Gasteiger partial charge in [0, 0.05) is 24.3 Å². The maximum absolute atomic E-state index is 11.8. The highest BCUT2D eigenvalue weighted by Gasteiger charge is 2.14. The zero-order valence-electron chi connectivity index (χ0n) is 11.2. The van der Waals surface area contributed by atoms with Gasteiger partial charge in [-0.1, -0.05) is 31.4 Å². The number of nitrogens with one attached hydrogen (secondary N) is 1. The summed E-state index contributed by atoms with van der Waals surface area (Å²) in [5.41, 5.74) is 0.679. The molecule has 0 radical (unpaired) electrons. The van der Waals surface area contributed by atoms with Gasteiger partial charge < -0.3 is 5.32 Å². The molecule has 5 nitrogen and oxygen atoms in total. The fourth-order valence-electron chi connectivity index (χ4n) is 2.41. The second-order valence-electron chi connectivity index (χ2n) is 5.03. The molecule has 5 heteroatoms. The number of amides is 1. The van der Waals surface area contributed by atoms with Crippen LogP contribution >= 0.6 is 0 Å². The van der Waals surface area contributed by atoms with E-state index in [0.29, 0.717) is 5.56 Å². The van der Waals surface area contributed by atoms with Gasteiger partial charge in [-0.15, -0.1) is 0 Å². The lowest BCUT2D eigenvalue weighted by molar-refractivity contribution is -0.384. The molecular weight excluding hydrogens is 256 g/mol. The van der Waals surface area contributed by atoms with Crippen molar-refractivity contribution in [3.05, 3.63) is 46.0 Å². The summed E-state index contributed by atoms with van der Waals surface area (Å²) in [6, 6.07) is 6.49. The molecule has 0 saturated heterocycles. The molecule has 1 aliphatic rings. The van der Waals surface area contributed by atoms with Crippen molar-refractivity contribution in [3.8, 4) is 0 Å². The third-order valence-electron chi connectivity index (χ3n) is 3.46. The summed E-state index contributed by atoms with van der Waals surface area (Å²) in [6.45, 7) is 0. The molecule has 0 atom stereocenters. The van der Waals surface area contributed by atoms with Crippen LogP contribution in [0.3, 0.4) is 0 Å². The molecule has 0 aromatic heterocycles. The molecule has 0 heterocycles. The first-order chi connectivity index (χ1) is 9.65. The molecule has 20 heavy (non-hydrogen) atoms. The lowest BCUT2D eigenvalue weighted by Gasteiger charge is -2.21. The Morgan fingerprint density at radius 1 is 1.30 bits per heavy atom. The van der Waals surface area contributed by atoms with Crippen molar-refractivity contribution in [2.45, 2.75) is 38.1 Å². The molecule has 1 aliphatic carbocycles. The highest BCUT2D eigenvalue weighted by molar-refractivity contribution is 5.92. The highest BCUT2D eigenvalue weighted by Crippen LogP contribution is 2.17. The maximum atomic E-state index is 11.8. The number of hydrogen-bond donors (Lipinski definition) is 1. The highest BCUT2D eigenvalue weighted by atomic mass is 16.6. The second kappa shape index (κ2) is 6.84. The minimum atomic E-state index is -0.445. The second-order valence-corrected chi connectivity index (χ2v) is 5.03. The van der Waals surface area contributed by atoms with Crippen LogP contribution in [0.5, 0.6) is 0 Å². The van der Waals surface area contributed by atoms with Crippen LogP contribution in [0.1, 0.15) is 37.7 Å². The summed E-state index contributed by atoms with van der Waals surface area (Å²) in [7, 11) is 0. The van der Waals surface area contributed by atoms with Gasteiger partial charge >= 0.3 is 0 Å². The molecular formula is C15H18N2O3. The number of carbonyl (C=O) groups is 1. The van der Waals surface area contributed by atoms with Crippen LogP contribution in [0.25, 0.3) is 6.08 Å². The predicted molar refractivity (Wildman–Crippen MR) is 77.1 cm³/mol. The molecule has 106 valence electrons. The predicted octanol–water partition coefficient (Wildman–Crippen LogP) is 3.06. The van der Waals surface area contributed by atoms with Crippen molar-refractivity contribution in [3.63, 3.8) is 0 Å². The quantitative estimate of drug-likeness (QED) is 0.521. The average Bonchev–Trinajstić information content (AvgIpc) is 2.46. The number of hydrogen-bond acceptors (Lipinski definition) is 3. The van der Waals surface area contributed by atoms with E-state index in [0.717, 1.165) is 12.8 Å². The van der Waals surface area contributed by atoms with Crippen LogP contribution in [0.15, 0.2) is 30.3 Å². The van der Waals surface area contributed by atoms with Crippen molar-refractivity contribution in [1.29, 1.82) is 0 Å². The molecule has 0 bridgehead atoms. The molecule has 2 rings (SSSR count). The summed E-state index contributed by atoms with van der Waals surface area (Å²) < 4.78 is 0. The Kier molecular flexibility index (Phi) is 4.87. The molecule has 0 spiro atoms. The lowest BCUT2D eigenvalue weighted by Crippen LogP contribution is -2.34. The number of benzene rings is 1. The van der Waals surface area contributed by atoms with Crippen LogP contribution in [-0.4, -0.2) is 16.9 Å². The number of carbonyl (C=O) groups excluding carboxylic acids is 1. The summed E-state index contributed by atoms with van der Waals surface area (Å²) >= 11 is 0. The van der Waals surface area contributed by atoms with E-state index < -0.39 is 4.92 Å². The summed E-state index contributed by atoms with van der Waals surface area (Å²) in [5.74, 6) is -0.136. The number of nitrogens with zero attached hydrogens (tertiary/aromatic N) is 1. The van der Waals surface area contributed by atoms with E-state index in [9.17, 15) is 14.9 Å². The van der Waals surface area contributed by atoms with Gasteiger partial charge in [0.25, 0.3) is 5.69 Å². The smallest absolute Gasteiger partial charge is 0.270 e. The number of nitro benzene ring substituents is 1. The molecule has 0 unspecified atom stereocenters. The van der Waals surface area contributed by atoms with Gasteiger partial charge in [0.1, 0.15) is 0 Å². The fourth-order valence-corrected chi connectivity index (χ4v) is 2.41. The molecule has 1 amide bonds. The fraction of sp³-hybridized carbons (Fsp3) is 0.400. The largest absolute Gasteiger partial charge is 0.350 e. The summed E-state index contributed by atoms with van der Waals surface area (Å²) in [5, 5.41) is 13.6. The van der Waals surface area contributed by atoms with E-state index in [-0.39, 0.29) is 17.6 Å². The Morgan fingerprint density at radius 2 is 2.05 bits per heavy atom. The van der Waals surface area contributed by atoms with Crippen molar-refractivity contribution < 1.29 is 9.72 Å². The molecule has 1 aromatic carbocycles. The first kappa shape index (κ1) is 14.2. The van der Waals surface area contributed by atoms with Crippen molar-refractivity contribution in [2.24, 2.45) is 0 Å². The first-order valence-corrected chi connectivity index (χ1v) is 6.88. The number of nitro groups is 1. The van der Waals surface area contributed by atoms with Gasteiger partial charge in [-0.3, -0.25) is 14.9 Å². The number of rotatable bonds is 4. The van der Waals surface area contributed by atoms with E-state index in [4.69, 9.17) is 0 Å². The Balaban J connectivity index is 1.92. The van der Waals surface area contributed by atoms with Gasteiger partial charge in [-0.25, -0.2) is 0 Å². The van der Waals surface area contributed by atoms with Crippen LogP contribution in [0.2, 0.25) is 0 Å². The van der Waals surface area contributed by atoms with Gasteiger partial charge in [0.2, 0.25) is 5.91 Å². The van der Waals surface area contributed by atoms with E-state index in [1.165, 1.54) is 37.5 Å². The van der Waals surface area contributed by atoms with Gasteiger partial charge in [-0.2, -0.15) is 0 Å². The van der Waals surface area contributed by atoms with Crippen LogP contribution in [-0.2, 0) is 4.79 Å². The molecule has 1 fully saturated rings.